The first-order chi connectivity index (χ1) is 26.0. The number of halogens is 4. The lowest BCUT2D eigenvalue weighted by Gasteiger charge is -2.12. The van der Waals surface area contributed by atoms with E-state index in [-0.39, 0.29) is 23.8 Å². The Morgan fingerprint density at radius 1 is 0.704 bits per heavy atom. The fourth-order valence-electron chi connectivity index (χ4n) is 6.62. The largest absolute Gasteiger partial charge is 0.476 e. The Morgan fingerprint density at radius 2 is 1.15 bits per heavy atom. The number of nitrogens with zero attached hydrogens (tertiary/aromatic N) is 6. The fourth-order valence-corrected chi connectivity index (χ4v) is 6.96. The van der Waals surface area contributed by atoms with E-state index in [9.17, 15) is 23.5 Å². The van der Waals surface area contributed by atoms with E-state index in [1.807, 2.05) is 13.0 Å². The average molecular weight is 768 g/mol. The van der Waals surface area contributed by atoms with Crippen LogP contribution in [0.25, 0.3) is 11.4 Å². The van der Waals surface area contributed by atoms with Gasteiger partial charge in [0.05, 0.1) is 52.9 Å². The summed E-state index contributed by atoms with van der Waals surface area (Å²) in [6.07, 6.45) is 3.01. The number of aliphatic imine (C=N–C) groups is 2. The van der Waals surface area contributed by atoms with Crippen LogP contribution in [-0.2, 0) is 4.74 Å². The average Bonchev–Trinajstić information content (AvgIpc) is 3.75. The monoisotopic (exact) mass is 766 g/mol. The van der Waals surface area contributed by atoms with Crippen molar-refractivity contribution in [2.75, 3.05) is 6.61 Å². The maximum atomic E-state index is 14.6. The maximum absolute atomic E-state index is 14.6. The van der Waals surface area contributed by atoms with E-state index in [0.29, 0.717) is 66.5 Å². The molecule has 0 fully saturated rings. The molecule has 0 radical (unpaired) electrons. The molecule has 0 saturated carbocycles. The molecule has 10 nitrogen and oxygen atoms in total. The van der Waals surface area contributed by atoms with Gasteiger partial charge in [-0.05, 0) is 81.4 Å². The highest BCUT2D eigenvalue weighted by molar-refractivity contribution is 6.32. The van der Waals surface area contributed by atoms with Gasteiger partial charge in [0.1, 0.15) is 24.3 Å². The van der Waals surface area contributed by atoms with Crippen molar-refractivity contribution in [2.24, 2.45) is 9.98 Å². The van der Waals surface area contributed by atoms with Gasteiger partial charge in [0.2, 0.25) is 0 Å². The molecule has 4 aromatic carbocycles. The third-order valence-corrected chi connectivity index (χ3v) is 9.39. The van der Waals surface area contributed by atoms with Crippen LogP contribution >= 0.6 is 23.2 Å². The molecule has 14 heteroatoms. The highest BCUT2D eigenvalue weighted by Gasteiger charge is 2.31. The van der Waals surface area contributed by atoms with Gasteiger partial charge in [-0.2, -0.15) is 0 Å². The second-order valence-electron chi connectivity index (χ2n) is 12.3. The van der Waals surface area contributed by atoms with Crippen molar-refractivity contribution in [1.82, 2.24) is 19.1 Å². The summed E-state index contributed by atoms with van der Waals surface area (Å²) in [5.74, 6) is -2.43. The number of aromatic carboxylic acids is 1. The van der Waals surface area contributed by atoms with E-state index in [4.69, 9.17) is 32.9 Å². The van der Waals surface area contributed by atoms with Crippen molar-refractivity contribution in [2.45, 2.75) is 32.9 Å². The SMILES string of the molecule is CCOC(=O)c1ncn2c1[C@@H](C)N=C(c1ccccc1F)c1cc(Cl)ccc1-2.C[C@H]1N=C(c2ccccc2F)c2cc(Cl)ccc2-n2cnc(C(=O)O)c21. The summed E-state index contributed by atoms with van der Waals surface area (Å²) >= 11 is 12.4. The molecule has 0 unspecified atom stereocenters. The summed E-state index contributed by atoms with van der Waals surface area (Å²) in [6.45, 7) is 5.58. The molecular weight excluding hydrogens is 737 g/mol. The highest BCUT2D eigenvalue weighted by atomic mass is 35.5. The number of esters is 1. The molecule has 272 valence electrons. The quantitative estimate of drug-likeness (QED) is 0.175. The molecule has 0 spiro atoms. The van der Waals surface area contributed by atoms with E-state index in [2.05, 4.69) is 15.0 Å². The van der Waals surface area contributed by atoms with Crippen LogP contribution in [0.4, 0.5) is 8.78 Å². The normalized spacial score (nSPS) is 15.5. The first kappa shape index (κ1) is 36.4. The third-order valence-electron chi connectivity index (χ3n) is 8.92. The number of fused-ring (bicyclic) bond motifs is 6. The number of benzene rings is 4. The van der Waals surface area contributed by atoms with Gasteiger partial charge in [0.15, 0.2) is 11.4 Å². The topological polar surface area (TPSA) is 124 Å². The van der Waals surface area contributed by atoms with Crippen LogP contribution in [0.1, 0.15) is 87.5 Å². The van der Waals surface area contributed by atoms with E-state index in [1.165, 1.54) is 18.5 Å². The van der Waals surface area contributed by atoms with Crippen LogP contribution in [0, 0.1) is 11.6 Å². The molecule has 0 bridgehead atoms. The summed E-state index contributed by atoms with van der Waals surface area (Å²) in [4.78, 5) is 41.6. The molecule has 0 amide bonds. The third kappa shape index (κ3) is 6.58. The first-order valence-electron chi connectivity index (χ1n) is 16.8. The number of rotatable bonds is 5. The molecule has 2 aliphatic heterocycles. The van der Waals surface area contributed by atoms with Crippen molar-refractivity contribution in [3.63, 3.8) is 0 Å². The van der Waals surface area contributed by atoms with Crippen molar-refractivity contribution < 1.29 is 28.2 Å². The predicted molar refractivity (Wildman–Crippen MR) is 201 cm³/mol. The lowest BCUT2D eigenvalue weighted by atomic mass is 10.00. The molecule has 54 heavy (non-hydrogen) atoms. The minimum atomic E-state index is -1.13. The van der Waals surface area contributed by atoms with E-state index in [0.717, 1.165) is 0 Å². The smallest absolute Gasteiger partial charge is 0.358 e. The van der Waals surface area contributed by atoms with Crippen LogP contribution in [0.5, 0.6) is 0 Å². The Labute approximate surface area is 318 Å². The summed E-state index contributed by atoms with van der Waals surface area (Å²) < 4.78 is 37.7. The first-order valence-corrected chi connectivity index (χ1v) is 17.5. The Balaban J connectivity index is 0.000000167. The fraction of sp³-hybridized carbons (Fsp3) is 0.150. The molecule has 8 rings (SSSR count). The van der Waals surface area contributed by atoms with E-state index < -0.39 is 29.8 Å². The Morgan fingerprint density at radius 3 is 1.59 bits per heavy atom. The molecular formula is C40H30Cl2F2N6O4. The van der Waals surface area contributed by atoms with Gasteiger partial charge >= 0.3 is 11.9 Å². The molecule has 2 aliphatic rings. The highest BCUT2D eigenvalue weighted by Crippen LogP contribution is 2.36. The van der Waals surface area contributed by atoms with Gasteiger partial charge in [0, 0.05) is 32.3 Å². The molecule has 0 saturated heterocycles. The zero-order valence-electron chi connectivity index (χ0n) is 29.0. The molecule has 2 aromatic heterocycles. The minimum Gasteiger partial charge on any atom is -0.476 e. The summed E-state index contributed by atoms with van der Waals surface area (Å²) in [6, 6.07) is 22.2. The second kappa shape index (κ2) is 14.8. The van der Waals surface area contributed by atoms with Gasteiger partial charge in [-0.25, -0.2) is 28.3 Å². The molecule has 2 atom stereocenters. The van der Waals surface area contributed by atoms with E-state index >= 15 is 0 Å². The maximum Gasteiger partial charge on any atom is 0.358 e. The van der Waals surface area contributed by atoms with Gasteiger partial charge in [-0.3, -0.25) is 19.1 Å². The molecule has 0 aliphatic carbocycles. The van der Waals surface area contributed by atoms with Crippen LogP contribution in [0.3, 0.4) is 0 Å². The van der Waals surface area contributed by atoms with Crippen LogP contribution in [0.2, 0.25) is 10.0 Å². The number of carbonyl (C=O) groups is 2. The van der Waals surface area contributed by atoms with Gasteiger partial charge < -0.3 is 9.84 Å². The number of hydrogen-bond acceptors (Lipinski definition) is 7. The Hall–Kier alpha value is -5.98. The number of ether oxygens (including phenoxy) is 1. The summed E-state index contributed by atoms with van der Waals surface area (Å²) in [5, 5.41) is 10.4. The van der Waals surface area contributed by atoms with Crippen molar-refractivity contribution in [3.8, 4) is 11.4 Å². The summed E-state index contributed by atoms with van der Waals surface area (Å²) in [5.41, 5.74) is 5.40. The molecule has 6 aromatic rings. The van der Waals surface area contributed by atoms with E-state index in [1.54, 1.807) is 96.0 Å². The van der Waals surface area contributed by atoms with Crippen LogP contribution in [-0.4, -0.2) is 54.2 Å². The van der Waals surface area contributed by atoms with Crippen LogP contribution < -0.4 is 0 Å². The number of hydrogen-bond donors (Lipinski definition) is 1. The van der Waals surface area contributed by atoms with Gasteiger partial charge in [-0.1, -0.05) is 47.5 Å². The number of imidazole rings is 2. The number of carbonyl (C=O) groups excluding carboxylic acids is 1. The molecule has 4 heterocycles. The van der Waals surface area contributed by atoms with Gasteiger partial charge in [0.25, 0.3) is 0 Å². The van der Waals surface area contributed by atoms with Gasteiger partial charge in [-0.15, -0.1) is 0 Å². The predicted octanol–water partition coefficient (Wildman–Crippen LogP) is 9.03. The number of carboxylic acids is 1. The lowest BCUT2D eigenvalue weighted by molar-refractivity contribution is 0.0517. The van der Waals surface area contributed by atoms with Crippen molar-refractivity contribution in [1.29, 1.82) is 0 Å². The number of aromatic nitrogens is 4. The Kier molecular flexibility index (Phi) is 9.97. The molecule has 1 N–H and O–H groups in total. The standard InChI is InChI=1S/C21H17ClFN3O2.C19H13ClFN3O2/c1-3-28-21(27)19-20-12(2)25-18(14-6-4-5-7-16(14)23)15-10-13(22)8-9-17(15)26(20)11-24-19;1-10-18-17(19(25)26)22-9-24(18)15-7-6-11(20)8-13(15)16(23-10)12-4-2-3-5-14(12)21/h4-12H,3H2,1-2H3;2-10H,1H3,(H,25,26)/t12-;10-/m11/s1. The lowest BCUT2D eigenvalue weighted by Crippen LogP contribution is -2.11. The van der Waals surface area contributed by atoms with Crippen LogP contribution in [0.15, 0.2) is 108 Å². The Bertz CT molecular complexity index is 2530. The number of carboxylic acid groups (broad SMARTS) is 1. The van der Waals surface area contributed by atoms with Crippen molar-refractivity contribution in [3.05, 3.63) is 164 Å². The zero-order chi connectivity index (χ0) is 38.3. The minimum absolute atomic E-state index is 0.0723. The van der Waals surface area contributed by atoms with Crippen molar-refractivity contribution >= 4 is 46.6 Å². The zero-order valence-corrected chi connectivity index (χ0v) is 30.5. The summed E-state index contributed by atoms with van der Waals surface area (Å²) in [7, 11) is 0. The second-order valence-corrected chi connectivity index (χ2v) is 13.2.